The van der Waals surface area contributed by atoms with Crippen LogP contribution >= 0.6 is 0 Å². The van der Waals surface area contributed by atoms with Crippen molar-refractivity contribution in [2.24, 2.45) is 5.10 Å². The van der Waals surface area contributed by atoms with Gasteiger partial charge in [-0.1, -0.05) is 17.7 Å². The number of aryl methyl sites for hydroxylation is 2. The predicted octanol–water partition coefficient (Wildman–Crippen LogP) is 3.54. The first kappa shape index (κ1) is 20.7. The van der Waals surface area contributed by atoms with Gasteiger partial charge in [-0.3, -0.25) is 4.79 Å². The number of benzene rings is 1. The molecule has 0 unspecified atom stereocenters. The zero-order valence-electron chi connectivity index (χ0n) is 17.4. The number of hydrazone groups is 1. The van der Waals surface area contributed by atoms with Crippen LogP contribution in [-0.4, -0.2) is 38.0 Å². The topological polar surface area (TPSA) is 92.0 Å². The number of furan rings is 1. The second-order valence-electron chi connectivity index (χ2n) is 8.03. The molecule has 1 N–H and O–H groups in total. The molecule has 7 nitrogen and oxygen atoms in total. The molecule has 160 valence electrons. The number of carbonyl (C=O) groups excluding carboxylic acids is 1. The van der Waals surface area contributed by atoms with E-state index in [1.807, 2.05) is 18.7 Å². The molecule has 30 heavy (non-hydrogen) atoms. The molecule has 0 saturated carbocycles. The molecule has 4 rings (SSSR count). The molecular weight excluding hydrogens is 402 g/mol. The monoisotopic (exact) mass is 429 g/mol. The number of piperidine rings is 1. The van der Waals surface area contributed by atoms with Gasteiger partial charge in [0.2, 0.25) is 0 Å². The van der Waals surface area contributed by atoms with E-state index in [4.69, 9.17) is 4.42 Å². The highest BCUT2D eigenvalue weighted by Gasteiger charge is 2.30. The summed E-state index contributed by atoms with van der Waals surface area (Å²) >= 11 is 0. The van der Waals surface area contributed by atoms with E-state index in [0.717, 1.165) is 55.5 Å². The molecule has 2 aromatic rings. The molecule has 2 heterocycles. The molecule has 8 heteroatoms. The van der Waals surface area contributed by atoms with Crippen molar-refractivity contribution in [1.82, 2.24) is 9.73 Å². The Kier molecular flexibility index (Phi) is 5.69. The molecule has 2 aliphatic rings. The number of nitrogens with zero attached hydrogens (tertiary/aromatic N) is 2. The summed E-state index contributed by atoms with van der Waals surface area (Å²) in [5.41, 5.74) is 3.12. The van der Waals surface area contributed by atoms with Gasteiger partial charge >= 0.3 is 0 Å². The van der Waals surface area contributed by atoms with Gasteiger partial charge in [0.1, 0.15) is 5.76 Å². The van der Waals surface area contributed by atoms with Crippen LogP contribution < -0.4 is 4.83 Å². The largest absolute Gasteiger partial charge is 0.455 e. The third kappa shape index (κ3) is 4.01. The summed E-state index contributed by atoms with van der Waals surface area (Å²) < 4.78 is 31.2. The van der Waals surface area contributed by atoms with Crippen LogP contribution in [0.3, 0.4) is 0 Å². The maximum atomic E-state index is 13.0. The third-order valence-electron chi connectivity index (χ3n) is 5.80. The Morgan fingerprint density at radius 3 is 2.43 bits per heavy atom. The molecule has 1 aliphatic carbocycles. The molecule has 1 aliphatic heterocycles. The van der Waals surface area contributed by atoms with Gasteiger partial charge in [0, 0.05) is 30.6 Å². The molecule has 1 aromatic carbocycles. The van der Waals surface area contributed by atoms with Gasteiger partial charge < -0.3 is 9.32 Å². The second kappa shape index (κ2) is 8.26. The van der Waals surface area contributed by atoms with Crippen molar-refractivity contribution in [2.75, 3.05) is 13.1 Å². The number of amides is 1. The van der Waals surface area contributed by atoms with E-state index in [9.17, 15) is 13.2 Å². The van der Waals surface area contributed by atoms with E-state index in [1.165, 1.54) is 0 Å². The normalized spacial score (nSPS) is 18.3. The van der Waals surface area contributed by atoms with Crippen molar-refractivity contribution in [3.05, 3.63) is 52.5 Å². The van der Waals surface area contributed by atoms with E-state index in [-0.39, 0.29) is 10.8 Å². The summed E-state index contributed by atoms with van der Waals surface area (Å²) in [6, 6.07) is 6.61. The Hall–Kier alpha value is -2.61. The van der Waals surface area contributed by atoms with Crippen LogP contribution in [0.5, 0.6) is 0 Å². The SMILES string of the molecule is Cc1ccc(S(=O)(=O)N/N=C2\CCCc3oc(C(=O)N4CCCCC4)c(C)c32)cc1. The summed E-state index contributed by atoms with van der Waals surface area (Å²) in [5, 5.41) is 4.23. The fourth-order valence-electron chi connectivity index (χ4n) is 4.11. The van der Waals surface area contributed by atoms with Gasteiger partial charge in [0.25, 0.3) is 15.9 Å². The third-order valence-corrected chi connectivity index (χ3v) is 7.02. The van der Waals surface area contributed by atoms with Crippen molar-refractivity contribution in [3.63, 3.8) is 0 Å². The fraction of sp³-hybridized carbons (Fsp3) is 0.455. The van der Waals surface area contributed by atoms with Crippen LogP contribution in [0.25, 0.3) is 0 Å². The van der Waals surface area contributed by atoms with Crippen LogP contribution in [0.4, 0.5) is 0 Å². The van der Waals surface area contributed by atoms with E-state index < -0.39 is 10.0 Å². The van der Waals surface area contributed by atoms with Crippen LogP contribution in [0.2, 0.25) is 0 Å². The number of carbonyl (C=O) groups is 1. The van der Waals surface area contributed by atoms with E-state index >= 15 is 0 Å². The predicted molar refractivity (Wildman–Crippen MR) is 114 cm³/mol. The fourth-order valence-corrected chi connectivity index (χ4v) is 4.94. The number of hydrogen-bond donors (Lipinski definition) is 1. The lowest BCUT2D eigenvalue weighted by atomic mass is 9.93. The number of rotatable bonds is 4. The maximum Gasteiger partial charge on any atom is 0.289 e. The van der Waals surface area contributed by atoms with Crippen LogP contribution in [0.15, 0.2) is 38.7 Å². The Morgan fingerprint density at radius 1 is 1.03 bits per heavy atom. The van der Waals surface area contributed by atoms with Gasteiger partial charge in [0.05, 0.1) is 10.6 Å². The molecule has 1 fully saturated rings. The van der Waals surface area contributed by atoms with Crippen LogP contribution in [0.1, 0.15) is 65.1 Å². The first-order valence-corrected chi connectivity index (χ1v) is 11.9. The molecule has 0 bridgehead atoms. The standard InChI is InChI=1S/C22H27N3O4S/c1-15-9-11-17(12-10-15)30(27,28)24-23-18-7-6-8-19-20(18)16(2)21(29-19)22(26)25-13-4-3-5-14-25/h9-12,24H,3-8,13-14H2,1-2H3/b23-18+. The Labute approximate surface area is 177 Å². The van der Waals surface area contributed by atoms with Gasteiger partial charge in [-0.2, -0.15) is 18.4 Å². The number of nitrogens with one attached hydrogen (secondary N) is 1. The van der Waals surface area contributed by atoms with E-state index in [2.05, 4.69) is 9.93 Å². The number of hydrogen-bond acceptors (Lipinski definition) is 5. The van der Waals surface area contributed by atoms with E-state index in [1.54, 1.807) is 24.3 Å². The Balaban J connectivity index is 1.61. The zero-order valence-corrected chi connectivity index (χ0v) is 18.2. The zero-order chi connectivity index (χ0) is 21.3. The summed E-state index contributed by atoms with van der Waals surface area (Å²) in [7, 11) is -3.76. The van der Waals surface area contributed by atoms with Crippen molar-refractivity contribution >= 4 is 21.6 Å². The van der Waals surface area contributed by atoms with Crippen molar-refractivity contribution in [2.45, 2.75) is 57.3 Å². The van der Waals surface area contributed by atoms with Crippen molar-refractivity contribution in [1.29, 1.82) is 0 Å². The quantitative estimate of drug-likeness (QED) is 0.753. The smallest absolute Gasteiger partial charge is 0.289 e. The van der Waals surface area contributed by atoms with Crippen molar-refractivity contribution in [3.8, 4) is 0 Å². The molecule has 0 spiro atoms. The average Bonchev–Trinajstić information content (AvgIpc) is 3.10. The first-order valence-electron chi connectivity index (χ1n) is 10.4. The average molecular weight is 430 g/mol. The number of sulfonamides is 1. The van der Waals surface area contributed by atoms with Crippen molar-refractivity contribution < 1.29 is 17.6 Å². The lowest BCUT2D eigenvalue weighted by molar-refractivity contribution is 0.0689. The molecule has 0 atom stereocenters. The minimum atomic E-state index is -3.76. The maximum absolute atomic E-state index is 13.0. The van der Waals surface area contributed by atoms with Crippen LogP contribution in [0, 0.1) is 13.8 Å². The lowest BCUT2D eigenvalue weighted by Gasteiger charge is -2.25. The van der Waals surface area contributed by atoms with Gasteiger partial charge in [0.15, 0.2) is 5.76 Å². The molecule has 1 amide bonds. The van der Waals surface area contributed by atoms with E-state index in [0.29, 0.717) is 30.1 Å². The summed E-state index contributed by atoms with van der Waals surface area (Å²) in [6.45, 7) is 5.26. The molecule has 1 aromatic heterocycles. The lowest BCUT2D eigenvalue weighted by Crippen LogP contribution is -2.35. The molecule has 0 radical (unpaired) electrons. The van der Waals surface area contributed by atoms with Gasteiger partial charge in [-0.05, 0) is 58.1 Å². The Morgan fingerprint density at radius 2 is 1.73 bits per heavy atom. The summed E-state index contributed by atoms with van der Waals surface area (Å²) in [4.78, 5) is 17.3. The number of fused-ring (bicyclic) bond motifs is 1. The highest BCUT2D eigenvalue weighted by Crippen LogP contribution is 2.31. The highest BCUT2D eigenvalue weighted by molar-refractivity contribution is 7.89. The number of likely N-dealkylation sites (tertiary alicyclic amines) is 1. The minimum Gasteiger partial charge on any atom is -0.455 e. The highest BCUT2D eigenvalue weighted by atomic mass is 32.2. The minimum absolute atomic E-state index is 0.0822. The Bertz CT molecular complexity index is 1080. The first-order chi connectivity index (χ1) is 14.4. The van der Waals surface area contributed by atoms with Gasteiger partial charge in [-0.15, -0.1) is 0 Å². The molecular formula is C22H27N3O4S. The van der Waals surface area contributed by atoms with Crippen LogP contribution in [-0.2, 0) is 16.4 Å². The molecule has 1 saturated heterocycles. The van der Waals surface area contributed by atoms with Gasteiger partial charge in [-0.25, -0.2) is 0 Å². The second-order valence-corrected chi connectivity index (χ2v) is 9.69. The summed E-state index contributed by atoms with van der Waals surface area (Å²) in [6.07, 6.45) is 5.31. The summed E-state index contributed by atoms with van der Waals surface area (Å²) in [5.74, 6) is 0.992.